The molecule has 1 amide bonds. The summed E-state index contributed by atoms with van der Waals surface area (Å²) in [5.74, 6) is -2.45. The topological polar surface area (TPSA) is 66.4 Å². The van der Waals surface area contributed by atoms with Crippen LogP contribution in [-0.4, -0.2) is 17.0 Å². The fraction of sp³-hybridized carbons (Fsp3) is 0.375. The first-order valence-corrected chi connectivity index (χ1v) is 7.79. The maximum atomic E-state index is 12.4. The van der Waals surface area contributed by atoms with Crippen LogP contribution in [0.15, 0.2) is 30.4 Å². The first-order valence-electron chi connectivity index (χ1n) is 7.03. The van der Waals surface area contributed by atoms with Gasteiger partial charge in [-0.1, -0.05) is 41.4 Å². The number of allylic oxidation sites excluding steroid dienone is 2. The van der Waals surface area contributed by atoms with E-state index in [0.717, 1.165) is 5.56 Å². The highest BCUT2D eigenvalue weighted by molar-refractivity contribution is 6.35. The van der Waals surface area contributed by atoms with Gasteiger partial charge in [0.05, 0.1) is 17.9 Å². The summed E-state index contributed by atoms with van der Waals surface area (Å²) in [4.78, 5) is 23.7. The second-order valence-electron chi connectivity index (χ2n) is 5.39. The second kappa shape index (κ2) is 7.16. The fourth-order valence-corrected chi connectivity index (χ4v) is 3.20. The highest BCUT2D eigenvalue weighted by atomic mass is 35.5. The summed E-state index contributed by atoms with van der Waals surface area (Å²) in [5.41, 5.74) is 0.748. The van der Waals surface area contributed by atoms with E-state index in [4.69, 9.17) is 23.2 Å². The van der Waals surface area contributed by atoms with E-state index in [-0.39, 0.29) is 11.9 Å². The van der Waals surface area contributed by atoms with E-state index in [1.807, 2.05) is 19.1 Å². The summed E-state index contributed by atoms with van der Waals surface area (Å²) in [6.07, 6.45) is 4.47. The van der Waals surface area contributed by atoms with Gasteiger partial charge < -0.3 is 10.4 Å². The third-order valence-corrected chi connectivity index (χ3v) is 4.44. The van der Waals surface area contributed by atoms with Crippen LogP contribution in [0.3, 0.4) is 0 Å². The Morgan fingerprint density at radius 2 is 1.86 bits per heavy atom. The molecule has 0 saturated carbocycles. The summed E-state index contributed by atoms with van der Waals surface area (Å²) < 4.78 is 0. The maximum absolute atomic E-state index is 12.4. The van der Waals surface area contributed by atoms with E-state index in [1.54, 1.807) is 18.2 Å². The van der Waals surface area contributed by atoms with E-state index >= 15 is 0 Å². The first-order chi connectivity index (χ1) is 10.4. The molecule has 3 atom stereocenters. The van der Waals surface area contributed by atoms with Gasteiger partial charge in [-0.15, -0.1) is 0 Å². The number of rotatable bonds is 4. The van der Waals surface area contributed by atoms with Crippen LogP contribution in [0.25, 0.3) is 0 Å². The van der Waals surface area contributed by atoms with Gasteiger partial charge in [-0.05, 0) is 37.5 Å². The smallest absolute Gasteiger partial charge is 0.307 e. The van der Waals surface area contributed by atoms with E-state index in [2.05, 4.69) is 5.32 Å². The van der Waals surface area contributed by atoms with Crippen LogP contribution in [0.4, 0.5) is 0 Å². The predicted molar refractivity (Wildman–Crippen MR) is 86.0 cm³/mol. The lowest BCUT2D eigenvalue weighted by molar-refractivity contribution is -0.147. The van der Waals surface area contributed by atoms with Crippen LogP contribution in [0.5, 0.6) is 0 Å². The lowest BCUT2D eigenvalue weighted by Gasteiger charge is -2.26. The molecule has 1 aromatic rings. The lowest BCUT2D eigenvalue weighted by atomic mass is 9.82. The molecule has 0 spiro atoms. The predicted octanol–water partition coefficient (Wildman–Crippen LogP) is 3.84. The molecule has 1 aliphatic carbocycles. The van der Waals surface area contributed by atoms with Crippen LogP contribution >= 0.6 is 23.2 Å². The van der Waals surface area contributed by atoms with Gasteiger partial charge in [-0.3, -0.25) is 9.59 Å². The van der Waals surface area contributed by atoms with Crippen LogP contribution in [-0.2, 0) is 9.59 Å². The molecule has 22 heavy (non-hydrogen) atoms. The first kappa shape index (κ1) is 16.8. The van der Waals surface area contributed by atoms with Crippen molar-refractivity contribution in [3.8, 4) is 0 Å². The SMILES string of the molecule is C[C@H](NC(=O)[C@@H]1CC=CC[C@H]1C(=O)O)c1ccc(Cl)cc1Cl. The van der Waals surface area contributed by atoms with E-state index in [1.165, 1.54) is 0 Å². The molecule has 0 saturated heterocycles. The van der Waals surface area contributed by atoms with Gasteiger partial charge in [0, 0.05) is 10.0 Å². The molecular formula is C16H17Cl2NO3. The number of halogens is 2. The lowest BCUT2D eigenvalue weighted by Crippen LogP contribution is -2.39. The molecule has 0 fully saturated rings. The third kappa shape index (κ3) is 3.81. The van der Waals surface area contributed by atoms with Gasteiger partial charge in [0.2, 0.25) is 5.91 Å². The van der Waals surface area contributed by atoms with Crippen LogP contribution in [0, 0.1) is 11.8 Å². The molecule has 1 aliphatic rings. The third-order valence-electron chi connectivity index (χ3n) is 3.87. The van der Waals surface area contributed by atoms with Gasteiger partial charge in [-0.2, -0.15) is 0 Å². The molecule has 2 N–H and O–H groups in total. The van der Waals surface area contributed by atoms with Crippen LogP contribution in [0.2, 0.25) is 10.0 Å². The minimum atomic E-state index is -0.943. The molecule has 0 radical (unpaired) electrons. The number of aliphatic carboxylic acids is 1. The van der Waals surface area contributed by atoms with Crippen molar-refractivity contribution in [1.82, 2.24) is 5.32 Å². The number of carboxylic acids is 1. The molecule has 0 bridgehead atoms. The van der Waals surface area contributed by atoms with Crippen LogP contribution in [0.1, 0.15) is 31.4 Å². The minimum absolute atomic E-state index is 0.268. The monoisotopic (exact) mass is 341 g/mol. The van der Waals surface area contributed by atoms with Gasteiger partial charge in [0.1, 0.15) is 0 Å². The minimum Gasteiger partial charge on any atom is -0.481 e. The van der Waals surface area contributed by atoms with E-state index in [9.17, 15) is 14.7 Å². The number of hydrogen-bond donors (Lipinski definition) is 2. The van der Waals surface area contributed by atoms with Crippen molar-refractivity contribution in [2.45, 2.75) is 25.8 Å². The summed E-state index contributed by atoms with van der Waals surface area (Å²) in [6.45, 7) is 1.81. The van der Waals surface area contributed by atoms with E-state index < -0.39 is 17.8 Å². The fourth-order valence-electron chi connectivity index (χ4n) is 2.63. The summed E-state index contributed by atoms with van der Waals surface area (Å²) in [7, 11) is 0. The number of carbonyl (C=O) groups excluding carboxylic acids is 1. The van der Waals surface area contributed by atoms with Gasteiger partial charge in [0.15, 0.2) is 0 Å². The molecule has 2 rings (SSSR count). The number of benzene rings is 1. The Balaban J connectivity index is 2.10. The Labute approximate surface area is 139 Å². The van der Waals surface area contributed by atoms with Crippen LogP contribution < -0.4 is 5.32 Å². The number of hydrogen-bond acceptors (Lipinski definition) is 2. The largest absolute Gasteiger partial charge is 0.481 e. The summed E-state index contributed by atoms with van der Waals surface area (Å²) >= 11 is 12.0. The molecule has 0 aromatic heterocycles. The Hall–Kier alpha value is -1.52. The zero-order valence-corrected chi connectivity index (χ0v) is 13.6. The number of amides is 1. The highest BCUT2D eigenvalue weighted by Gasteiger charge is 2.34. The normalized spacial score (nSPS) is 22.1. The molecule has 6 heteroatoms. The standard InChI is InChI=1S/C16H17Cl2NO3/c1-9(11-7-6-10(17)8-14(11)18)19-15(20)12-4-2-3-5-13(12)16(21)22/h2-3,6-9,12-13H,4-5H2,1H3,(H,19,20)(H,21,22)/t9-,12+,13+/m0/s1. The highest BCUT2D eigenvalue weighted by Crippen LogP contribution is 2.29. The van der Waals surface area contributed by atoms with Gasteiger partial charge >= 0.3 is 5.97 Å². The Kier molecular flexibility index (Phi) is 5.48. The Bertz CT molecular complexity index is 615. The summed E-state index contributed by atoms with van der Waals surface area (Å²) in [5, 5.41) is 13.1. The van der Waals surface area contributed by atoms with Gasteiger partial charge in [-0.25, -0.2) is 0 Å². The Morgan fingerprint density at radius 3 is 2.45 bits per heavy atom. The van der Waals surface area contributed by atoms with Gasteiger partial charge in [0.25, 0.3) is 0 Å². The van der Waals surface area contributed by atoms with Crippen molar-refractivity contribution in [3.63, 3.8) is 0 Å². The van der Waals surface area contributed by atoms with Crippen molar-refractivity contribution in [1.29, 1.82) is 0 Å². The quantitative estimate of drug-likeness (QED) is 0.817. The zero-order valence-electron chi connectivity index (χ0n) is 12.1. The summed E-state index contributed by atoms with van der Waals surface area (Å²) in [6, 6.07) is 4.75. The maximum Gasteiger partial charge on any atom is 0.307 e. The number of carboxylic acid groups (broad SMARTS) is 1. The molecule has 118 valence electrons. The average molecular weight is 342 g/mol. The van der Waals surface area contributed by atoms with Crippen molar-refractivity contribution < 1.29 is 14.7 Å². The van der Waals surface area contributed by atoms with E-state index in [0.29, 0.717) is 22.9 Å². The molecule has 4 nitrogen and oxygen atoms in total. The molecular weight excluding hydrogens is 325 g/mol. The zero-order chi connectivity index (χ0) is 16.3. The van der Waals surface area contributed by atoms with Crippen molar-refractivity contribution >= 4 is 35.1 Å². The van der Waals surface area contributed by atoms with Crippen molar-refractivity contribution in [3.05, 3.63) is 46.0 Å². The number of nitrogens with one attached hydrogen (secondary N) is 1. The second-order valence-corrected chi connectivity index (χ2v) is 6.23. The molecule has 0 unspecified atom stereocenters. The molecule has 0 heterocycles. The Morgan fingerprint density at radius 1 is 1.23 bits per heavy atom. The van der Waals surface area contributed by atoms with Crippen molar-refractivity contribution in [2.75, 3.05) is 0 Å². The average Bonchev–Trinajstić information content (AvgIpc) is 2.46. The molecule has 1 aromatic carbocycles. The van der Waals surface area contributed by atoms with Crippen molar-refractivity contribution in [2.24, 2.45) is 11.8 Å². The number of carbonyl (C=O) groups is 2. The molecule has 0 aliphatic heterocycles.